The molecular formula is C15H23FN2. The highest BCUT2D eigenvalue weighted by molar-refractivity contribution is 5.43. The van der Waals surface area contributed by atoms with Gasteiger partial charge in [0, 0.05) is 24.3 Å². The van der Waals surface area contributed by atoms with Gasteiger partial charge >= 0.3 is 0 Å². The van der Waals surface area contributed by atoms with Crippen LogP contribution in [0, 0.1) is 5.82 Å². The first-order chi connectivity index (χ1) is 8.65. The van der Waals surface area contributed by atoms with Gasteiger partial charge < -0.3 is 10.2 Å². The first-order valence-electron chi connectivity index (χ1n) is 6.91. The van der Waals surface area contributed by atoms with Gasteiger partial charge in [-0.3, -0.25) is 0 Å². The van der Waals surface area contributed by atoms with Crippen LogP contribution < -0.4 is 5.32 Å². The molecule has 1 N–H and O–H groups in total. The topological polar surface area (TPSA) is 15.3 Å². The molecule has 3 heteroatoms. The van der Waals surface area contributed by atoms with E-state index in [-0.39, 0.29) is 5.82 Å². The lowest BCUT2D eigenvalue weighted by atomic mass is 10.1. The van der Waals surface area contributed by atoms with Crippen LogP contribution in [-0.2, 0) is 0 Å². The molecule has 1 unspecified atom stereocenters. The minimum absolute atomic E-state index is 0.174. The van der Waals surface area contributed by atoms with Crippen LogP contribution in [0.15, 0.2) is 24.3 Å². The highest BCUT2D eigenvalue weighted by Gasteiger charge is 2.18. The Labute approximate surface area is 109 Å². The van der Waals surface area contributed by atoms with Gasteiger partial charge in [0.1, 0.15) is 5.82 Å². The minimum Gasteiger partial charge on any atom is -0.382 e. The first-order valence-corrected chi connectivity index (χ1v) is 6.91. The third-order valence-electron chi connectivity index (χ3n) is 3.71. The molecule has 1 saturated heterocycles. The molecule has 2 rings (SSSR count). The Morgan fingerprint density at radius 1 is 1.17 bits per heavy atom. The molecule has 0 saturated carbocycles. The van der Waals surface area contributed by atoms with Crippen molar-refractivity contribution in [3.05, 3.63) is 30.1 Å². The summed E-state index contributed by atoms with van der Waals surface area (Å²) < 4.78 is 12.8. The Kier molecular flexibility index (Phi) is 4.59. The molecule has 1 fully saturated rings. The second-order valence-electron chi connectivity index (χ2n) is 5.41. The van der Waals surface area contributed by atoms with Crippen LogP contribution in [0.1, 0.15) is 33.1 Å². The second kappa shape index (κ2) is 6.19. The molecule has 0 aromatic heterocycles. The molecule has 1 atom stereocenters. The Morgan fingerprint density at radius 3 is 2.56 bits per heavy atom. The van der Waals surface area contributed by atoms with Gasteiger partial charge in [0.15, 0.2) is 0 Å². The Bertz CT molecular complexity index is 361. The fourth-order valence-electron chi connectivity index (χ4n) is 2.56. The van der Waals surface area contributed by atoms with Gasteiger partial charge in [-0.1, -0.05) is 0 Å². The van der Waals surface area contributed by atoms with E-state index in [9.17, 15) is 4.39 Å². The van der Waals surface area contributed by atoms with Gasteiger partial charge in [-0.05, 0) is 63.9 Å². The van der Waals surface area contributed by atoms with Gasteiger partial charge in [-0.15, -0.1) is 0 Å². The van der Waals surface area contributed by atoms with Gasteiger partial charge in [-0.2, -0.15) is 0 Å². The zero-order valence-corrected chi connectivity index (χ0v) is 11.3. The smallest absolute Gasteiger partial charge is 0.123 e. The number of hydrogen-bond acceptors (Lipinski definition) is 2. The summed E-state index contributed by atoms with van der Waals surface area (Å²) in [5, 5.41) is 3.51. The minimum atomic E-state index is -0.174. The van der Waals surface area contributed by atoms with Gasteiger partial charge in [0.25, 0.3) is 0 Å². The average Bonchev–Trinajstić information content (AvgIpc) is 2.58. The summed E-state index contributed by atoms with van der Waals surface area (Å²) in [4.78, 5) is 2.53. The maximum absolute atomic E-state index is 12.8. The molecule has 0 spiro atoms. The molecule has 1 heterocycles. The summed E-state index contributed by atoms with van der Waals surface area (Å²) >= 11 is 0. The normalized spacial score (nSPS) is 21.9. The summed E-state index contributed by atoms with van der Waals surface area (Å²) in [5.41, 5.74) is 1.03. The predicted molar refractivity (Wildman–Crippen MR) is 74.4 cm³/mol. The van der Waals surface area contributed by atoms with E-state index in [1.54, 1.807) is 0 Å². The highest BCUT2D eigenvalue weighted by atomic mass is 19.1. The van der Waals surface area contributed by atoms with Crippen molar-refractivity contribution in [2.24, 2.45) is 0 Å². The van der Waals surface area contributed by atoms with E-state index in [1.165, 1.54) is 31.5 Å². The molecule has 0 bridgehead atoms. The molecule has 1 aromatic rings. The molecule has 18 heavy (non-hydrogen) atoms. The molecule has 0 aliphatic carbocycles. The lowest BCUT2D eigenvalue weighted by molar-refractivity contribution is 0.230. The molecule has 1 aliphatic heterocycles. The SMILES string of the molecule is CC(C)N1CCCC(Nc2ccc(F)cc2)CC1. The number of halogens is 1. The van der Waals surface area contributed by atoms with Gasteiger partial charge in [0.05, 0.1) is 0 Å². The van der Waals surface area contributed by atoms with E-state index < -0.39 is 0 Å². The standard InChI is InChI=1S/C15H23FN2/c1-12(2)18-10-3-4-14(9-11-18)17-15-7-5-13(16)6-8-15/h5-8,12,14,17H,3-4,9-11H2,1-2H3. The van der Waals surface area contributed by atoms with E-state index in [0.29, 0.717) is 12.1 Å². The first kappa shape index (κ1) is 13.3. The third-order valence-corrected chi connectivity index (χ3v) is 3.71. The van der Waals surface area contributed by atoms with Crippen molar-refractivity contribution in [2.75, 3.05) is 18.4 Å². The molecule has 1 aromatic carbocycles. The van der Waals surface area contributed by atoms with Crippen molar-refractivity contribution >= 4 is 5.69 Å². The summed E-state index contributed by atoms with van der Waals surface area (Å²) in [7, 11) is 0. The number of hydrogen-bond donors (Lipinski definition) is 1. The predicted octanol–water partition coefficient (Wildman–Crippen LogP) is 3.50. The van der Waals surface area contributed by atoms with Crippen molar-refractivity contribution in [1.29, 1.82) is 0 Å². The summed E-state index contributed by atoms with van der Waals surface area (Å²) in [6.45, 7) is 6.86. The quantitative estimate of drug-likeness (QED) is 0.883. The van der Waals surface area contributed by atoms with Gasteiger partial charge in [-0.25, -0.2) is 4.39 Å². The number of benzene rings is 1. The Hall–Kier alpha value is -1.09. The molecular weight excluding hydrogens is 227 g/mol. The summed E-state index contributed by atoms with van der Waals surface area (Å²) in [5.74, 6) is -0.174. The van der Waals surface area contributed by atoms with Crippen molar-refractivity contribution in [3.63, 3.8) is 0 Å². The van der Waals surface area contributed by atoms with Crippen molar-refractivity contribution in [1.82, 2.24) is 4.90 Å². The zero-order valence-electron chi connectivity index (χ0n) is 11.3. The maximum atomic E-state index is 12.8. The largest absolute Gasteiger partial charge is 0.382 e. The highest BCUT2D eigenvalue weighted by Crippen LogP contribution is 2.18. The molecule has 2 nitrogen and oxygen atoms in total. The monoisotopic (exact) mass is 250 g/mol. The lowest BCUT2D eigenvalue weighted by Gasteiger charge is -2.24. The summed E-state index contributed by atoms with van der Waals surface area (Å²) in [6, 6.07) is 7.81. The summed E-state index contributed by atoms with van der Waals surface area (Å²) in [6.07, 6.45) is 3.59. The third kappa shape index (κ3) is 3.70. The molecule has 0 radical (unpaired) electrons. The van der Waals surface area contributed by atoms with Crippen LogP contribution in [0.25, 0.3) is 0 Å². The number of anilines is 1. The van der Waals surface area contributed by atoms with Crippen LogP contribution in [0.5, 0.6) is 0 Å². The number of nitrogens with one attached hydrogen (secondary N) is 1. The maximum Gasteiger partial charge on any atom is 0.123 e. The fourth-order valence-corrected chi connectivity index (χ4v) is 2.56. The molecule has 0 amide bonds. The second-order valence-corrected chi connectivity index (χ2v) is 5.41. The van der Waals surface area contributed by atoms with E-state index in [4.69, 9.17) is 0 Å². The number of likely N-dealkylation sites (tertiary alicyclic amines) is 1. The van der Waals surface area contributed by atoms with Crippen LogP contribution in [0.3, 0.4) is 0 Å². The van der Waals surface area contributed by atoms with E-state index in [2.05, 4.69) is 24.1 Å². The van der Waals surface area contributed by atoms with Crippen LogP contribution >= 0.6 is 0 Å². The van der Waals surface area contributed by atoms with Gasteiger partial charge in [0.2, 0.25) is 0 Å². The van der Waals surface area contributed by atoms with Crippen molar-refractivity contribution in [2.45, 2.75) is 45.2 Å². The Balaban J connectivity index is 1.88. The van der Waals surface area contributed by atoms with Crippen LogP contribution in [-0.4, -0.2) is 30.1 Å². The molecule has 100 valence electrons. The lowest BCUT2D eigenvalue weighted by Crippen LogP contribution is -2.32. The van der Waals surface area contributed by atoms with Crippen LogP contribution in [0.2, 0.25) is 0 Å². The van der Waals surface area contributed by atoms with Crippen LogP contribution in [0.4, 0.5) is 10.1 Å². The fraction of sp³-hybridized carbons (Fsp3) is 0.600. The van der Waals surface area contributed by atoms with Crippen molar-refractivity contribution < 1.29 is 4.39 Å². The Morgan fingerprint density at radius 2 is 1.89 bits per heavy atom. The van der Waals surface area contributed by atoms with E-state index in [0.717, 1.165) is 18.7 Å². The molecule has 1 aliphatic rings. The van der Waals surface area contributed by atoms with E-state index >= 15 is 0 Å². The van der Waals surface area contributed by atoms with E-state index in [1.807, 2.05) is 12.1 Å². The average molecular weight is 250 g/mol. The number of nitrogens with zero attached hydrogens (tertiary/aromatic N) is 1. The zero-order chi connectivity index (χ0) is 13.0. The number of rotatable bonds is 3. The van der Waals surface area contributed by atoms with Crippen molar-refractivity contribution in [3.8, 4) is 0 Å².